The number of fused-ring (bicyclic) bond motifs is 8. The molecule has 4 N–H and O–H groups in total. The Labute approximate surface area is 328 Å². The van der Waals surface area contributed by atoms with Crippen LogP contribution in [0.5, 0.6) is 11.5 Å². The quantitative estimate of drug-likeness (QED) is 0.102. The molecular weight excluding hydrogens is 742 g/mol. The maximum Gasteiger partial charge on any atom is 0.365 e. The molecule has 2 aromatic carbocycles. The van der Waals surface area contributed by atoms with Gasteiger partial charge >= 0.3 is 16.5 Å². The molecule has 2 unspecified atom stereocenters. The summed E-state index contributed by atoms with van der Waals surface area (Å²) < 4.78 is 33.4. The molecule has 0 fully saturated rings. The molecule has 2 aliphatic heterocycles. The summed E-state index contributed by atoms with van der Waals surface area (Å²) in [7, 11) is -6.31. The molecule has 2 atom stereocenters. The van der Waals surface area contributed by atoms with Gasteiger partial charge in [0, 0.05) is 22.2 Å². The van der Waals surface area contributed by atoms with Gasteiger partial charge in [0.05, 0.1) is 33.8 Å². The van der Waals surface area contributed by atoms with Gasteiger partial charge in [0.15, 0.2) is 0 Å². The lowest BCUT2D eigenvalue weighted by Gasteiger charge is -2.09. The summed E-state index contributed by atoms with van der Waals surface area (Å²) in [5, 5.41) is 0. The smallest absolute Gasteiger partial charge is 0.365 e. The van der Waals surface area contributed by atoms with Crippen LogP contribution in [-0.2, 0) is 22.0 Å². The molecule has 0 radical (unpaired) electrons. The third kappa shape index (κ3) is 7.01. The Kier molecular flexibility index (Phi) is 11.1. The topological polar surface area (TPSA) is 150 Å². The van der Waals surface area contributed by atoms with E-state index < -0.39 is 16.5 Å². The Balaban J connectivity index is 1.69. The predicted octanol–water partition coefficient (Wildman–Crippen LogP) is 11.6. The van der Waals surface area contributed by atoms with Crippen LogP contribution in [0.2, 0.25) is 0 Å². The third-order valence-corrected chi connectivity index (χ3v) is 12.0. The van der Waals surface area contributed by atoms with Crippen molar-refractivity contribution >= 4 is 60.9 Å². The number of nitrogens with one attached hydrogen (secondary N) is 2. The summed E-state index contributed by atoms with van der Waals surface area (Å²) >= 11 is 0. The van der Waals surface area contributed by atoms with E-state index in [0.29, 0.717) is 11.5 Å². The molecule has 56 heavy (non-hydrogen) atoms. The van der Waals surface area contributed by atoms with E-state index in [1.807, 2.05) is 24.3 Å². The van der Waals surface area contributed by atoms with Crippen LogP contribution in [0.15, 0.2) is 60.7 Å². The summed E-state index contributed by atoms with van der Waals surface area (Å²) in [5.41, 5.74) is 20.1. The normalized spacial score (nSPS) is 14.0. The van der Waals surface area contributed by atoms with Gasteiger partial charge in [-0.2, -0.15) is 0 Å². The number of hydrogen-bond acceptors (Lipinski definition) is 6. The number of aryl methyl sites for hydroxylation is 4. The highest BCUT2D eigenvalue weighted by atomic mass is 31.1. The second kappa shape index (κ2) is 15.9. The monoisotopic (exact) mass is 790 g/mol. The van der Waals surface area contributed by atoms with Gasteiger partial charge in [-0.15, -0.1) is 0 Å². The molecule has 0 saturated carbocycles. The predicted molar refractivity (Wildman–Crippen MR) is 229 cm³/mol. The molecular formula is C44H48N4O6P2. The molecule has 7 rings (SSSR count). The average molecular weight is 791 g/mol. The second-order valence-electron chi connectivity index (χ2n) is 14.2. The van der Waals surface area contributed by atoms with E-state index >= 15 is 0 Å². The highest BCUT2D eigenvalue weighted by molar-refractivity contribution is 7.32. The first kappa shape index (κ1) is 39.3. The molecule has 5 aromatic rings. The zero-order valence-corrected chi connectivity index (χ0v) is 35.0. The SMILES string of the molecule is CCC1=C(C)c2nc1cc1[nH]c(c(C)c1CC)c(-c1ccc(O[PH](=O)O)cc1)c1nc(cc3[nH]c(c(C)c3CC)c2-c2ccc(O[PH](=O)O)cc2)C(CC)=C1C. The van der Waals surface area contributed by atoms with Crippen LogP contribution >= 0.6 is 16.5 Å². The molecule has 12 heteroatoms. The minimum absolute atomic E-state index is 0.323. The number of hydrogen-bond donors (Lipinski definition) is 4. The zero-order chi connectivity index (χ0) is 40.0. The Morgan fingerprint density at radius 1 is 0.571 bits per heavy atom. The van der Waals surface area contributed by atoms with E-state index in [4.69, 9.17) is 19.0 Å². The van der Waals surface area contributed by atoms with Gasteiger partial charge in [0.2, 0.25) is 0 Å². The maximum absolute atomic E-state index is 11.5. The number of aromatic amines is 2. The van der Waals surface area contributed by atoms with Gasteiger partial charge in [-0.3, -0.25) is 0 Å². The fraction of sp³-hybridized carbons (Fsp3) is 0.273. The minimum atomic E-state index is -3.16. The number of aromatic nitrogens is 4. The van der Waals surface area contributed by atoms with Crippen molar-refractivity contribution in [1.29, 1.82) is 0 Å². The average Bonchev–Trinajstić information content (AvgIpc) is 3.85. The van der Waals surface area contributed by atoms with Crippen LogP contribution in [0.3, 0.4) is 0 Å². The molecule has 2 aliphatic rings. The number of allylic oxidation sites excluding steroid dienone is 4. The Hall–Kier alpha value is -4.98. The Morgan fingerprint density at radius 3 is 1.23 bits per heavy atom. The van der Waals surface area contributed by atoms with Crippen molar-refractivity contribution in [3.63, 3.8) is 0 Å². The minimum Gasteiger partial charge on any atom is -0.426 e. The highest BCUT2D eigenvalue weighted by Gasteiger charge is 2.25. The van der Waals surface area contributed by atoms with Crippen molar-refractivity contribution in [2.75, 3.05) is 0 Å². The molecule has 5 heterocycles. The van der Waals surface area contributed by atoms with Gasteiger partial charge in [-0.1, -0.05) is 52.0 Å². The number of rotatable bonds is 10. The van der Waals surface area contributed by atoms with E-state index in [9.17, 15) is 18.9 Å². The molecule has 0 amide bonds. The number of benzene rings is 2. The summed E-state index contributed by atoms with van der Waals surface area (Å²) in [5.74, 6) is 0.647. The first-order chi connectivity index (χ1) is 26.9. The van der Waals surface area contributed by atoms with Crippen LogP contribution in [0.25, 0.3) is 66.6 Å². The first-order valence-electron chi connectivity index (χ1n) is 19.1. The highest BCUT2D eigenvalue weighted by Crippen LogP contribution is 2.44. The van der Waals surface area contributed by atoms with Gasteiger partial charge in [0.25, 0.3) is 0 Å². The second-order valence-corrected chi connectivity index (χ2v) is 15.6. The van der Waals surface area contributed by atoms with Crippen molar-refractivity contribution in [2.45, 2.75) is 81.1 Å². The van der Waals surface area contributed by atoms with E-state index in [0.717, 1.165) is 126 Å². The molecule has 0 saturated heterocycles. The van der Waals surface area contributed by atoms with Gasteiger partial charge < -0.3 is 28.8 Å². The standard InChI is InChI=1S/C44H48N4O6P2/c1-9-31-23(5)41-39(27-13-17-29(18-14-27)53-55(49)50)42-25(7)33(11-3)37(47-42)22-38-34(12-4)26(8)44(48-38)40(28-15-19-30(20-16-28)54-56(51)52)43-24(6)32(10-2)36(46-43)21-35(31)45-41/h13-22,45,48,55-56H,9-12H2,1-8H3,(H,49,50)(H,51,52). The lowest BCUT2D eigenvalue weighted by Crippen LogP contribution is -1.90. The van der Waals surface area contributed by atoms with Crippen LogP contribution < -0.4 is 9.05 Å². The Morgan fingerprint density at radius 2 is 0.929 bits per heavy atom. The summed E-state index contributed by atoms with van der Waals surface area (Å²) in [6.45, 7) is 17.2. The zero-order valence-electron chi connectivity index (χ0n) is 33.0. The lowest BCUT2D eigenvalue weighted by molar-refractivity contribution is 0.409. The fourth-order valence-electron chi connectivity index (χ4n) is 8.46. The molecule has 290 valence electrons. The van der Waals surface area contributed by atoms with Crippen molar-refractivity contribution in [1.82, 2.24) is 19.9 Å². The van der Waals surface area contributed by atoms with Crippen molar-refractivity contribution in [3.05, 3.63) is 106 Å². The maximum atomic E-state index is 11.5. The summed E-state index contributed by atoms with van der Waals surface area (Å²) in [6, 6.07) is 18.9. The summed E-state index contributed by atoms with van der Waals surface area (Å²) in [4.78, 5) is 37.4. The Bertz CT molecular complexity index is 2490. The lowest BCUT2D eigenvalue weighted by atomic mass is 9.95. The van der Waals surface area contributed by atoms with Gasteiger partial charge in [0.1, 0.15) is 11.5 Å². The molecule has 0 aliphatic carbocycles. The van der Waals surface area contributed by atoms with Gasteiger partial charge in [-0.25, -0.2) is 19.1 Å². The van der Waals surface area contributed by atoms with E-state index in [-0.39, 0.29) is 0 Å². The molecule has 10 nitrogen and oxygen atoms in total. The van der Waals surface area contributed by atoms with Gasteiger partial charge in [-0.05, 0) is 145 Å². The van der Waals surface area contributed by atoms with Crippen molar-refractivity contribution in [2.24, 2.45) is 0 Å². The van der Waals surface area contributed by atoms with Crippen LogP contribution in [-0.4, -0.2) is 29.7 Å². The number of H-pyrrole nitrogens is 2. The fourth-order valence-corrected chi connectivity index (χ4v) is 9.13. The van der Waals surface area contributed by atoms with E-state index in [1.54, 1.807) is 24.3 Å². The molecule has 0 spiro atoms. The number of nitrogens with zero attached hydrogens (tertiary/aromatic N) is 2. The third-order valence-electron chi connectivity index (χ3n) is 11.2. The van der Waals surface area contributed by atoms with Crippen molar-refractivity contribution < 1.29 is 28.0 Å². The molecule has 3 aromatic heterocycles. The van der Waals surface area contributed by atoms with Crippen LogP contribution in [0.1, 0.15) is 99.4 Å². The largest absolute Gasteiger partial charge is 0.426 e. The molecule has 8 bridgehead atoms. The van der Waals surface area contributed by atoms with E-state index in [1.165, 1.54) is 11.1 Å². The van der Waals surface area contributed by atoms with Crippen LogP contribution in [0.4, 0.5) is 0 Å². The first-order valence-corrected chi connectivity index (χ1v) is 21.6. The summed E-state index contributed by atoms with van der Waals surface area (Å²) in [6.07, 6.45) is 3.12. The van der Waals surface area contributed by atoms with E-state index in [2.05, 4.69) is 77.5 Å². The van der Waals surface area contributed by atoms with Crippen molar-refractivity contribution in [3.8, 4) is 33.8 Å². The van der Waals surface area contributed by atoms with Crippen LogP contribution in [0, 0.1) is 13.8 Å².